The molecular weight excluding hydrogens is 325 g/mol. The number of halogens is 3. The van der Waals surface area contributed by atoms with Gasteiger partial charge in [-0.05, 0) is 24.3 Å². The van der Waals surface area contributed by atoms with Gasteiger partial charge < -0.3 is 4.74 Å². The highest BCUT2D eigenvalue weighted by molar-refractivity contribution is 5.33. The summed E-state index contributed by atoms with van der Waals surface area (Å²) >= 11 is -0.563. The van der Waals surface area contributed by atoms with Crippen LogP contribution in [0.1, 0.15) is 0 Å². The minimum absolute atomic E-state index is 0.276. The number of hydrogen-bond donors (Lipinski definition) is 0. The Labute approximate surface area is 101 Å². The zero-order chi connectivity index (χ0) is 11.1. The van der Waals surface area contributed by atoms with Crippen LogP contribution in [0.3, 0.4) is 0 Å². The van der Waals surface area contributed by atoms with E-state index in [0.717, 1.165) is 7.14 Å². The average Bonchev–Trinajstić information content (AvgIpc) is 2.26. The maximum Gasteiger partial charge on any atom is 0.366 e. The molecule has 0 aromatic heterocycles. The van der Waals surface area contributed by atoms with Crippen molar-refractivity contribution in [1.82, 2.24) is 0 Å². The van der Waals surface area contributed by atoms with E-state index in [0.29, 0.717) is 11.5 Å². The molecule has 1 aliphatic rings. The van der Waals surface area contributed by atoms with Crippen LogP contribution < -0.4 is 25.9 Å². The molecule has 0 radical (unpaired) electrons. The summed E-state index contributed by atoms with van der Waals surface area (Å²) in [4.78, 5) is 0. The van der Waals surface area contributed by atoms with Crippen LogP contribution in [0, 0.1) is 18.8 Å². The van der Waals surface area contributed by atoms with Crippen LogP contribution in [-0.2, 0) is 0 Å². The normalized spacial score (nSPS) is 12.6. The van der Waals surface area contributed by atoms with Crippen molar-refractivity contribution in [1.29, 1.82) is 0 Å². The Morgan fingerprint density at radius 1 is 0.812 bits per heavy atom. The van der Waals surface area contributed by atoms with Crippen LogP contribution in [0.5, 0.6) is 11.5 Å². The summed E-state index contributed by atoms with van der Waals surface area (Å²) in [5.74, 6) is 0.824. The van der Waals surface area contributed by atoms with E-state index >= 15 is 0 Å². The lowest BCUT2D eigenvalue weighted by atomic mass is 10.3. The molecule has 1 aliphatic heterocycles. The number of ether oxygens (including phenoxy) is 1. The molecule has 0 saturated heterocycles. The molecule has 2 aromatic rings. The molecule has 0 bridgehead atoms. The van der Waals surface area contributed by atoms with Gasteiger partial charge in [0.25, 0.3) is 0 Å². The maximum atomic E-state index is 13.0. The van der Waals surface area contributed by atoms with E-state index in [4.69, 9.17) is 4.74 Å². The third-order valence-electron chi connectivity index (χ3n) is 2.21. The molecule has 1 heterocycles. The van der Waals surface area contributed by atoms with Crippen LogP contribution in [0.15, 0.2) is 36.4 Å². The van der Waals surface area contributed by atoms with Crippen LogP contribution in [-0.4, -0.2) is 0 Å². The minimum Gasteiger partial charge on any atom is -0.448 e. The SMILES string of the molecule is Fc1ccc2c(c1)[I+]c1cc(F)ccc1O2. The second-order valence-electron chi connectivity index (χ2n) is 3.35. The monoisotopic (exact) mass is 331 g/mol. The van der Waals surface area contributed by atoms with Crippen molar-refractivity contribution >= 4 is 0 Å². The van der Waals surface area contributed by atoms with Gasteiger partial charge in [0.2, 0.25) is 7.14 Å². The number of hydrogen-bond acceptors (Lipinski definition) is 1. The molecule has 0 saturated carbocycles. The molecule has 0 fully saturated rings. The van der Waals surface area contributed by atoms with Gasteiger partial charge in [0.15, 0.2) is 11.5 Å². The molecule has 0 N–H and O–H groups in total. The Balaban J connectivity index is 2.10. The molecule has 1 nitrogen and oxygen atoms in total. The molecule has 0 unspecified atom stereocenters. The molecule has 0 amide bonds. The Hall–Kier alpha value is -1.17. The first-order valence-corrected chi connectivity index (χ1v) is 6.80. The third-order valence-corrected chi connectivity index (χ3v) is 5.06. The molecule has 0 spiro atoms. The topological polar surface area (TPSA) is 9.23 Å². The van der Waals surface area contributed by atoms with Crippen LogP contribution in [0.25, 0.3) is 0 Å². The highest BCUT2D eigenvalue weighted by Gasteiger charge is 2.32. The molecule has 0 aliphatic carbocycles. The summed E-state index contributed by atoms with van der Waals surface area (Å²) in [5.41, 5.74) is 0. The van der Waals surface area contributed by atoms with E-state index in [1.165, 1.54) is 24.3 Å². The van der Waals surface area contributed by atoms with Gasteiger partial charge in [-0.15, -0.1) is 0 Å². The summed E-state index contributed by atoms with van der Waals surface area (Å²) < 4.78 is 33.4. The van der Waals surface area contributed by atoms with Gasteiger partial charge in [0.05, 0.1) is 0 Å². The van der Waals surface area contributed by atoms with Crippen molar-refractivity contribution in [3.63, 3.8) is 0 Å². The van der Waals surface area contributed by atoms with Gasteiger partial charge in [-0.25, -0.2) is 8.78 Å². The maximum absolute atomic E-state index is 13.0. The Bertz CT molecular complexity index is 519. The van der Waals surface area contributed by atoms with E-state index in [1.807, 2.05) is 0 Å². The fraction of sp³-hybridized carbons (Fsp3) is 0. The van der Waals surface area contributed by atoms with Crippen molar-refractivity contribution in [2.45, 2.75) is 0 Å². The molecule has 80 valence electrons. The molecule has 2 aromatic carbocycles. The van der Waals surface area contributed by atoms with Crippen LogP contribution in [0.2, 0.25) is 0 Å². The summed E-state index contributed by atoms with van der Waals surface area (Å²) in [6, 6.07) is 8.93. The summed E-state index contributed by atoms with van der Waals surface area (Å²) in [7, 11) is 0. The largest absolute Gasteiger partial charge is 0.448 e. The van der Waals surface area contributed by atoms with E-state index in [-0.39, 0.29) is 11.6 Å². The van der Waals surface area contributed by atoms with Gasteiger partial charge in [-0.1, -0.05) is 0 Å². The number of rotatable bonds is 0. The zero-order valence-corrected chi connectivity index (χ0v) is 10.2. The van der Waals surface area contributed by atoms with E-state index in [2.05, 4.69) is 0 Å². The molecule has 0 atom stereocenters. The lowest BCUT2D eigenvalue weighted by Gasteiger charge is -2.10. The first kappa shape index (κ1) is 10.0. The fourth-order valence-corrected chi connectivity index (χ4v) is 4.14. The molecular formula is C12H6F2IO+. The van der Waals surface area contributed by atoms with Crippen LogP contribution >= 0.6 is 0 Å². The molecule has 16 heavy (non-hydrogen) atoms. The van der Waals surface area contributed by atoms with Gasteiger partial charge in [-0.2, -0.15) is 0 Å². The molecule has 4 heteroatoms. The van der Waals surface area contributed by atoms with Crippen molar-refractivity contribution in [3.05, 3.63) is 55.2 Å². The van der Waals surface area contributed by atoms with Crippen LogP contribution in [0.4, 0.5) is 8.78 Å². The number of fused-ring (bicyclic) bond motifs is 2. The van der Waals surface area contributed by atoms with Crippen molar-refractivity contribution < 1.29 is 34.7 Å². The Morgan fingerprint density at radius 3 is 1.81 bits per heavy atom. The van der Waals surface area contributed by atoms with E-state index in [1.54, 1.807) is 12.1 Å². The lowest BCUT2D eigenvalue weighted by Crippen LogP contribution is -3.62. The third kappa shape index (κ3) is 1.67. The Kier molecular flexibility index (Phi) is 2.31. The van der Waals surface area contributed by atoms with E-state index in [9.17, 15) is 8.78 Å². The molecule has 3 rings (SSSR count). The fourth-order valence-electron chi connectivity index (χ4n) is 1.49. The zero-order valence-electron chi connectivity index (χ0n) is 8.01. The second-order valence-corrected chi connectivity index (χ2v) is 6.21. The smallest absolute Gasteiger partial charge is 0.366 e. The summed E-state index contributed by atoms with van der Waals surface area (Å²) in [6.07, 6.45) is 0. The first-order chi connectivity index (χ1) is 7.72. The second kappa shape index (κ2) is 3.69. The van der Waals surface area contributed by atoms with Crippen molar-refractivity contribution in [3.8, 4) is 11.5 Å². The average molecular weight is 331 g/mol. The Morgan fingerprint density at radius 2 is 1.31 bits per heavy atom. The highest BCUT2D eigenvalue weighted by Crippen LogP contribution is 2.24. The lowest BCUT2D eigenvalue weighted by molar-refractivity contribution is -0.603. The predicted octanol–water partition coefficient (Wildman–Crippen LogP) is 0.199. The quantitative estimate of drug-likeness (QED) is 0.535. The van der Waals surface area contributed by atoms with Gasteiger partial charge in [-0.3, -0.25) is 0 Å². The predicted molar refractivity (Wildman–Crippen MR) is 50.3 cm³/mol. The van der Waals surface area contributed by atoms with E-state index < -0.39 is 21.2 Å². The highest BCUT2D eigenvalue weighted by atomic mass is 127. The number of benzene rings is 2. The first-order valence-electron chi connectivity index (χ1n) is 4.64. The van der Waals surface area contributed by atoms with Gasteiger partial charge in [0, 0.05) is 12.1 Å². The summed E-state index contributed by atoms with van der Waals surface area (Å²) in [5, 5.41) is 0. The van der Waals surface area contributed by atoms with Crippen molar-refractivity contribution in [2.24, 2.45) is 0 Å². The van der Waals surface area contributed by atoms with Crippen molar-refractivity contribution in [2.75, 3.05) is 0 Å². The standard InChI is InChI=1S/C12H6F2IO/c13-7-1-3-11-9(5-7)15-10-6-8(14)2-4-12(10)16-11/h1-6H/q+1. The van der Waals surface area contributed by atoms with Gasteiger partial charge >= 0.3 is 21.2 Å². The summed E-state index contributed by atoms with van der Waals surface area (Å²) in [6.45, 7) is 0. The van der Waals surface area contributed by atoms with Gasteiger partial charge in [0.1, 0.15) is 11.6 Å². The minimum atomic E-state index is -0.563.